The molecule has 0 fully saturated rings. The Morgan fingerprint density at radius 2 is 1.69 bits per heavy atom. The number of nitrogens with zero attached hydrogens (tertiary/aromatic N) is 4. The third-order valence-corrected chi connectivity index (χ3v) is 6.68. The predicted molar refractivity (Wildman–Crippen MR) is 139 cm³/mol. The van der Waals surface area contributed by atoms with Crippen LogP contribution in [0.15, 0.2) is 72.9 Å². The summed E-state index contributed by atoms with van der Waals surface area (Å²) in [5.74, 6) is 1.43. The molecule has 0 aliphatic carbocycles. The average molecular weight is 468 g/mol. The van der Waals surface area contributed by atoms with Crippen LogP contribution in [0.25, 0.3) is 11.5 Å². The van der Waals surface area contributed by atoms with E-state index < -0.39 is 0 Å². The number of hydrogen-bond acceptors (Lipinski definition) is 2. The Bertz CT molecular complexity index is 1330. The van der Waals surface area contributed by atoms with Gasteiger partial charge in [-0.2, -0.15) is 5.10 Å². The number of carbonyl (C=O) groups is 1. The minimum Gasteiger partial charge on any atom is -0.336 e. The minimum atomic E-state index is -0.235. The number of amides is 2. The summed E-state index contributed by atoms with van der Waals surface area (Å²) in [4.78, 5) is 15.6. The molecule has 6 nitrogen and oxygen atoms in total. The van der Waals surface area contributed by atoms with Gasteiger partial charge in [-0.05, 0) is 62.1 Å². The van der Waals surface area contributed by atoms with Crippen LogP contribution in [-0.2, 0) is 6.54 Å². The van der Waals surface area contributed by atoms with Crippen molar-refractivity contribution in [2.75, 3.05) is 0 Å². The van der Waals surface area contributed by atoms with Crippen molar-refractivity contribution in [1.29, 1.82) is 0 Å². The van der Waals surface area contributed by atoms with Crippen molar-refractivity contribution in [3.05, 3.63) is 101 Å². The second kappa shape index (κ2) is 9.10. The SMILES string of the molecule is Cc1nn(-c2ccccc2)c2c1CN(C(=O)NC(C)C)C(c1ccc(C(C)C)cc1)c1cccn1-2. The van der Waals surface area contributed by atoms with Crippen LogP contribution in [0.2, 0.25) is 0 Å². The number of nitrogens with one attached hydrogen (secondary N) is 1. The fourth-order valence-corrected chi connectivity index (χ4v) is 4.89. The predicted octanol–water partition coefficient (Wildman–Crippen LogP) is 6.12. The lowest BCUT2D eigenvalue weighted by Crippen LogP contribution is -2.44. The molecule has 0 radical (unpaired) electrons. The summed E-state index contributed by atoms with van der Waals surface area (Å²) in [7, 11) is 0. The van der Waals surface area contributed by atoms with Crippen LogP contribution in [0.5, 0.6) is 0 Å². The molecule has 1 aliphatic rings. The maximum atomic E-state index is 13.6. The quantitative estimate of drug-likeness (QED) is 0.393. The van der Waals surface area contributed by atoms with Crippen molar-refractivity contribution >= 4 is 6.03 Å². The van der Waals surface area contributed by atoms with Crippen LogP contribution in [0.4, 0.5) is 4.79 Å². The van der Waals surface area contributed by atoms with Crippen molar-refractivity contribution in [1.82, 2.24) is 24.6 Å². The number of para-hydroxylation sites is 1. The molecule has 2 amide bonds. The van der Waals surface area contributed by atoms with E-state index in [2.05, 4.69) is 78.5 Å². The third kappa shape index (κ3) is 4.14. The highest BCUT2D eigenvalue weighted by molar-refractivity contribution is 5.76. The highest BCUT2D eigenvalue weighted by Crippen LogP contribution is 2.38. The fourth-order valence-electron chi connectivity index (χ4n) is 4.89. The number of fused-ring (bicyclic) bond motifs is 3. The van der Waals surface area contributed by atoms with E-state index in [1.54, 1.807) is 0 Å². The Morgan fingerprint density at radius 3 is 2.34 bits per heavy atom. The minimum absolute atomic E-state index is 0.0362. The molecule has 0 saturated carbocycles. The fraction of sp³-hybridized carbons (Fsp3) is 0.310. The largest absolute Gasteiger partial charge is 0.336 e. The zero-order valence-electron chi connectivity index (χ0n) is 21.1. The Hall–Kier alpha value is -3.80. The van der Waals surface area contributed by atoms with E-state index in [9.17, 15) is 4.79 Å². The smallest absolute Gasteiger partial charge is 0.318 e. The molecule has 35 heavy (non-hydrogen) atoms. The molecule has 1 atom stereocenters. The Labute approximate surface area is 207 Å². The van der Waals surface area contributed by atoms with Crippen LogP contribution in [0.1, 0.15) is 67.7 Å². The van der Waals surface area contributed by atoms with Crippen molar-refractivity contribution in [3.8, 4) is 11.5 Å². The number of urea groups is 1. The van der Waals surface area contributed by atoms with E-state index in [0.717, 1.165) is 34.0 Å². The molecule has 0 saturated heterocycles. The Balaban J connectivity index is 1.72. The number of aromatic nitrogens is 3. The van der Waals surface area contributed by atoms with Crippen molar-refractivity contribution in [2.24, 2.45) is 0 Å². The first-order valence-corrected chi connectivity index (χ1v) is 12.3. The van der Waals surface area contributed by atoms with Gasteiger partial charge in [0.05, 0.1) is 29.7 Å². The van der Waals surface area contributed by atoms with Gasteiger partial charge in [0.15, 0.2) is 0 Å². The molecule has 4 aromatic rings. The van der Waals surface area contributed by atoms with Crippen LogP contribution in [-0.4, -0.2) is 31.3 Å². The molecule has 0 bridgehead atoms. The second-order valence-electron chi connectivity index (χ2n) is 9.89. The van der Waals surface area contributed by atoms with Gasteiger partial charge in [0.25, 0.3) is 0 Å². The highest BCUT2D eigenvalue weighted by Gasteiger charge is 2.36. The van der Waals surface area contributed by atoms with Gasteiger partial charge in [-0.1, -0.05) is 56.3 Å². The lowest BCUT2D eigenvalue weighted by atomic mass is 9.97. The Morgan fingerprint density at radius 1 is 0.971 bits per heavy atom. The number of carbonyl (C=O) groups excluding carboxylic acids is 1. The molecule has 1 aliphatic heterocycles. The molecule has 1 N–H and O–H groups in total. The molecular weight excluding hydrogens is 434 g/mol. The van der Waals surface area contributed by atoms with Gasteiger partial charge in [-0.25, -0.2) is 9.48 Å². The zero-order valence-corrected chi connectivity index (χ0v) is 21.1. The van der Waals surface area contributed by atoms with Gasteiger partial charge in [0, 0.05) is 17.8 Å². The lowest BCUT2D eigenvalue weighted by Gasteiger charge is -2.32. The number of hydrogen-bond donors (Lipinski definition) is 1. The van der Waals surface area contributed by atoms with Crippen LogP contribution >= 0.6 is 0 Å². The molecule has 0 spiro atoms. The van der Waals surface area contributed by atoms with E-state index in [1.807, 2.05) is 48.6 Å². The monoisotopic (exact) mass is 467 g/mol. The first-order chi connectivity index (χ1) is 16.8. The summed E-state index contributed by atoms with van der Waals surface area (Å²) in [6, 6.07) is 22.8. The summed E-state index contributed by atoms with van der Waals surface area (Å²) >= 11 is 0. The summed E-state index contributed by atoms with van der Waals surface area (Å²) < 4.78 is 4.20. The van der Waals surface area contributed by atoms with E-state index in [0.29, 0.717) is 12.5 Å². The van der Waals surface area contributed by atoms with Gasteiger partial charge in [0.2, 0.25) is 0 Å². The van der Waals surface area contributed by atoms with Crippen LogP contribution < -0.4 is 5.32 Å². The van der Waals surface area contributed by atoms with Gasteiger partial charge in [-0.3, -0.25) is 0 Å². The molecule has 180 valence electrons. The number of rotatable bonds is 4. The normalized spacial score (nSPS) is 15.2. The van der Waals surface area contributed by atoms with E-state index in [1.165, 1.54) is 5.56 Å². The molecule has 6 heteroatoms. The molecule has 2 aromatic carbocycles. The second-order valence-corrected chi connectivity index (χ2v) is 9.89. The van der Waals surface area contributed by atoms with Gasteiger partial charge < -0.3 is 14.8 Å². The van der Waals surface area contributed by atoms with Crippen molar-refractivity contribution in [3.63, 3.8) is 0 Å². The Kier molecular flexibility index (Phi) is 5.97. The first-order valence-electron chi connectivity index (χ1n) is 12.3. The van der Waals surface area contributed by atoms with E-state index in [-0.39, 0.29) is 18.1 Å². The summed E-state index contributed by atoms with van der Waals surface area (Å²) in [5, 5.41) is 8.04. The lowest BCUT2D eigenvalue weighted by molar-refractivity contribution is 0.178. The van der Waals surface area contributed by atoms with Crippen LogP contribution in [0.3, 0.4) is 0 Å². The molecule has 3 heterocycles. The molecule has 1 unspecified atom stereocenters. The summed E-state index contributed by atoms with van der Waals surface area (Å²) in [6.07, 6.45) is 2.08. The van der Waals surface area contributed by atoms with Gasteiger partial charge in [0.1, 0.15) is 5.82 Å². The topological polar surface area (TPSA) is 55.1 Å². The van der Waals surface area contributed by atoms with E-state index >= 15 is 0 Å². The van der Waals surface area contributed by atoms with Crippen molar-refractivity contribution in [2.45, 2.75) is 59.2 Å². The molecule has 2 aromatic heterocycles. The number of aryl methyl sites for hydroxylation is 1. The highest BCUT2D eigenvalue weighted by atomic mass is 16.2. The van der Waals surface area contributed by atoms with Crippen LogP contribution in [0, 0.1) is 6.92 Å². The van der Waals surface area contributed by atoms with Gasteiger partial charge in [-0.15, -0.1) is 0 Å². The standard InChI is InChI=1S/C29H33N5O/c1-19(2)22-13-15-23(16-14-22)27-26-12-9-17-32(26)28-25(18-33(27)29(35)30-20(3)4)21(5)31-34(28)24-10-7-6-8-11-24/h6-17,19-20,27H,18H2,1-5H3,(H,30,35). The summed E-state index contributed by atoms with van der Waals surface area (Å²) in [5.41, 5.74) is 6.38. The van der Waals surface area contributed by atoms with Crippen molar-refractivity contribution < 1.29 is 4.79 Å². The zero-order chi connectivity index (χ0) is 24.7. The third-order valence-electron chi connectivity index (χ3n) is 6.68. The maximum absolute atomic E-state index is 13.6. The average Bonchev–Trinajstić information content (AvgIpc) is 3.40. The summed E-state index contributed by atoms with van der Waals surface area (Å²) in [6.45, 7) is 10.9. The molecule has 5 rings (SSSR count). The van der Waals surface area contributed by atoms with Gasteiger partial charge >= 0.3 is 6.03 Å². The first kappa shape index (κ1) is 23.0. The van der Waals surface area contributed by atoms with E-state index in [4.69, 9.17) is 5.10 Å². The molecular formula is C29H33N5O. The number of benzene rings is 2. The maximum Gasteiger partial charge on any atom is 0.318 e.